The maximum absolute atomic E-state index is 14.3. The van der Waals surface area contributed by atoms with Gasteiger partial charge in [-0.1, -0.05) is 91.0 Å². The Bertz CT molecular complexity index is 1470. The fraction of sp³-hybridized carbons (Fsp3) is 0.0769. The van der Waals surface area contributed by atoms with Gasteiger partial charge in [-0.25, -0.2) is 4.21 Å². The molecule has 4 nitrogen and oxygen atoms in total. The number of allylic oxidation sites excluding steroid dienone is 1. The van der Waals surface area contributed by atoms with Crippen molar-refractivity contribution in [3.05, 3.63) is 121 Å². The first-order valence-corrected chi connectivity index (χ1v) is 13.3. The van der Waals surface area contributed by atoms with Crippen LogP contribution >= 0.6 is 0 Å². The Morgan fingerprint density at radius 1 is 0.750 bits per heavy atom. The van der Waals surface area contributed by atoms with E-state index in [1.807, 2.05) is 48.5 Å². The van der Waals surface area contributed by atoms with Crippen molar-refractivity contribution < 1.29 is 12.6 Å². The largest absolute Gasteiger partial charge is 0.290 e. The molecule has 6 heteroatoms. The number of hydrogen-bond donors (Lipinski definition) is 0. The molecule has 1 unspecified atom stereocenters. The molecule has 0 N–H and O–H groups in total. The second-order valence-electron chi connectivity index (χ2n) is 7.40. The third-order valence-corrected chi connectivity index (χ3v) is 9.76. The van der Waals surface area contributed by atoms with Crippen molar-refractivity contribution in [2.24, 2.45) is 3.77 Å². The molecule has 0 fully saturated rings. The zero-order valence-corrected chi connectivity index (χ0v) is 19.0. The molecule has 4 aromatic carbocycles. The van der Waals surface area contributed by atoms with E-state index < -0.39 is 19.8 Å². The fourth-order valence-corrected chi connectivity index (χ4v) is 8.15. The van der Waals surface area contributed by atoms with E-state index in [0.717, 1.165) is 10.9 Å². The molecule has 0 aromatic heterocycles. The van der Waals surface area contributed by atoms with Crippen molar-refractivity contribution in [2.75, 3.05) is 5.75 Å². The lowest BCUT2D eigenvalue weighted by Crippen LogP contribution is -2.16. The molecule has 0 aliphatic heterocycles. The lowest BCUT2D eigenvalue weighted by atomic mass is 10.0. The summed E-state index contributed by atoms with van der Waals surface area (Å²) in [5, 5.41) is 1.33. The van der Waals surface area contributed by atoms with Crippen molar-refractivity contribution in [1.82, 2.24) is 0 Å². The Labute approximate surface area is 189 Å². The monoisotopic (exact) mass is 461 g/mol. The molecule has 32 heavy (non-hydrogen) atoms. The highest BCUT2D eigenvalue weighted by molar-refractivity contribution is 8.03. The average molecular weight is 462 g/mol. The van der Waals surface area contributed by atoms with Gasteiger partial charge in [-0.3, -0.25) is 0 Å². The SMILES string of the molecule is C=C[C@H](CS(=O)(=NS(=O)(=O)c1cccc2ccccc12)c1ccccc1)c1ccccc1. The van der Waals surface area contributed by atoms with E-state index >= 15 is 0 Å². The van der Waals surface area contributed by atoms with Crippen LogP contribution in [0.25, 0.3) is 10.8 Å². The number of rotatable bonds is 7. The van der Waals surface area contributed by atoms with Gasteiger partial charge in [-0.05, 0) is 29.1 Å². The van der Waals surface area contributed by atoms with Gasteiger partial charge < -0.3 is 0 Å². The second kappa shape index (κ2) is 9.10. The van der Waals surface area contributed by atoms with Crippen LogP contribution in [0.3, 0.4) is 0 Å². The average Bonchev–Trinajstić information content (AvgIpc) is 2.83. The van der Waals surface area contributed by atoms with E-state index in [-0.39, 0.29) is 16.6 Å². The quantitative estimate of drug-likeness (QED) is 0.316. The minimum absolute atomic E-state index is 0.00846. The molecule has 4 rings (SSSR count). The summed E-state index contributed by atoms with van der Waals surface area (Å²) in [7, 11) is -7.55. The van der Waals surface area contributed by atoms with Crippen molar-refractivity contribution in [2.45, 2.75) is 15.7 Å². The van der Waals surface area contributed by atoms with Crippen molar-refractivity contribution in [3.63, 3.8) is 0 Å². The smallest absolute Gasteiger partial charge is 0.244 e. The van der Waals surface area contributed by atoms with Gasteiger partial charge in [-0.15, -0.1) is 10.3 Å². The Hall–Kier alpha value is -3.22. The van der Waals surface area contributed by atoms with Gasteiger partial charge in [0.25, 0.3) is 10.0 Å². The molecular formula is C26H23NO3S2. The van der Waals surface area contributed by atoms with Crippen LogP contribution in [-0.2, 0) is 19.8 Å². The maximum Gasteiger partial charge on any atom is 0.290 e. The first-order valence-electron chi connectivity index (χ1n) is 10.1. The molecule has 0 aliphatic rings. The highest BCUT2D eigenvalue weighted by Crippen LogP contribution is 2.29. The molecule has 4 aromatic rings. The molecule has 0 radical (unpaired) electrons. The fourth-order valence-electron chi connectivity index (χ4n) is 3.67. The summed E-state index contributed by atoms with van der Waals surface area (Å²) in [6.45, 7) is 3.89. The Morgan fingerprint density at radius 2 is 1.34 bits per heavy atom. The number of fused-ring (bicyclic) bond motifs is 1. The molecule has 0 aliphatic carbocycles. The summed E-state index contributed by atoms with van der Waals surface area (Å²) in [4.78, 5) is 0.431. The van der Waals surface area contributed by atoms with Crippen molar-refractivity contribution in [3.8, 4) is 0 Å². The maximum atomic E-state index is 14.3. The topological polar surface area (TPSA) is 63.6 Å². The predicted octanol–water partition coefficient (Wildman–Crippen LogP) is 6.03. The standard InChI is InChI=1S/C26H23NO3S2/c1-2-21(22-12-5-3-6-13-22)20-31(28,24-16-7-4-8-17-24)27-32(29,30)26-19-11-15-23-14-9-10-18-25(23)26/h2-19,21H,1,20H2/t21-,31?/m1/s1. The second-order valence-corrected chi connectivity index (χ2v) is 11.5. The number of hydrogen-bond acceptors (Lipinski definition) is 3. The van der Waals surface area contributed by atoms with Crippen LogP contribution in [0.15, 0.2) is 129 Å². The summed E-state index contributed by atoms with van der Waals surface area (Å²) in [6.07, 6.45) is 1.69. The normalized spacial score (nSPS) is 14.4. The summed E-state index contributed by atoms with van der Waals surface area (Å²) in [5.41, 5.74) is 0.906. The van der Waals surface area contributed by atoms with Gasteiger partial charge in [0.05, 0.1) is 14.6 Å². The number of nitrogens with zero attached hydrogens (tertiary/aromatic N) is 1. The molecule has 162 valence electrons. The van der Waals surface area contributed by atoms with Crippen LogP contribution < -0.4 is 0 Å². The zero-order valence-electron chi connectivity index (χ0n) is 17.4. The van der Waals surface area contributed by atoms with E-state index in [9.17, 15) is 12.6 Å². The van der Waals surface area contributed by atoms with Crippen LogP contribution in [0.1, 0.15) is 11.5 Å². The Balaban J connectivity index is 1.90. The van der Waals surface area contributed by atoms with Crippen molar-refractivity contribution in [1.29, 1.82) is 0 Å². The summed E-state index contributed by atoms with van der Waals surface area (Å²) in [5.74, 6) is -0.315. The van der Waals surface area contributed by atoms with Crippen LogP contribution in [-0.4, -0.2) is 18.4 Å². The lowest BCUT2D eigenvalue weighted by Gasteiger charge is -2.17. The summed E-state index contributed by atoms with van der Waals surface area (Å²) >= 11 is 0. The number of sulfonamides is 1. The van der Waals surface area contributed by atoms with Gasteiger partial charge in [0.15, 0.2) is 0 Å². The van der Waals surface area contributed by atoms with Gasteiger partial charge >= 0.3 is 0 Å². The highest BCUT2D eigenvalue weighted by atomic mass is 32.3. The minimum atomic E-state index is -4.21. The first-order chi connectivity index (χ1) is 15.4. The van der Waals surface area contributed by atoms with E-state index in [0.29, 0.717) is 10.3 Å². The number of benzene rings is 4. The Kier molecular flexibility index (Phi) is 6.26. The van der Waals surface area contributed by atoms with E-state index in [4.69, 9.17) is 0 Å². The van der Waals surface area contributed by atoms with Gasteiger partial charge in [-0.2, -0.15) is 8.42 Å². The van der Waals surface area contributed by atoms with E-state index in [1.165, 1.54) is 6.07 Å². The molecular weight excluding hydrogens is 438 g/mol. The molecule has 0 bridgehead atoms. The minimum Gasteiger partial charge on any atom is -0.244 e. The predicted molar refractivity (Wildman–Crippen MR) is 131 cm³/mol. The van der Waals surface area contributed by atoms with Crippen LogP contribution in [0.2, 0.25) is 0 Å². The third kappa shape index (κ3) is 4.52. The summed E-state index contributed by atoms with van der Waals surface area (Å²) < 4.78 is 45.3. The van der Waals surface area contributed by atoms with Gasteiger partial charge in [0, 0.05) is 22.0 Å². The van der Waals surface area contributed by atoms with Crippen LogP contribution in [0, 0.1) is 0 Å². The molecule has 0 heterocycles. The third-order valence-electron chi connectivity index (χ3n) is 5.28. The highest BCUT2D eigenvalue weighted by Gasteiger charge is 2.25. The van der Waals surface area contributed by atoms with Crippen LogP contribution in [0.4, 0.5) is 0 Å². The van der Waals surface area contributed by atoms with Gasteiger partial charge in [0.1, 0.15) is 0 Å². The first kappa shape index (κ1) is 22.0. The lowest BCUT2D eigenvalue weighted by molar-refractivity contribution is 0.598. The Morgan fingerprint density at radius 3 is 2.03 bits per heavy atom. The molecule has 2 atom stereocenters. The van der Waals surface area contributed by atoms with E-state index in [2.05, 4.69) is 10.3 Å². The molecule has 0 saturated carbocycles. The molecule has 0 saturated heterocycles. The molecule has 0 amide bonds. The zero-order chi connectivity index (χ0) is 22.6. The molecule has 0 spiro atoms. The summed E-state index contributed by atoms with van der Waals surface area (Å²) in [6, 6.07) is 30.3. The van der Waals surface area contributed by atoms with Crippen LogP contribution in [0.5, 0.6) is 0 Å². The van der Waals surface area contributed by atoms with E-state index in [1.54, 1.807) is 54.6 Å². The van der Waals surface area contributed by atoms with Gasteiger partial charge in [0.2, 0.25) is 0 Å². The van der Waals surface area contributed by atoms with Crippen molar-refractivity contribution >= 4 is 30.5 Å².